The molecule has 1 heterocycles. The van der Waals surface area contributed by atoms with Crippen LogP contribution in [0.15, 0.2) is 40.9 Å². The van der Waals surface area contributed by atoms with Crippen LogP contribution < -0.4 is 4.74 Å². The van der Waals surface area contributed by atoms with E-state index in [1.54, 1.807) is 7.11 Å². The molecular weight excluding hydrogens is 441 g/mol. The molecule has 0 spiro atoms. The lowest BCUT2D eigenvalue weighted by Crippen LogP contribution is -2.48. The zero-order valence-corrected chi connectivity index (χ0v) is 17.1. The van der Waals surface area contributed by atoms with Gasteiger partial charge in [-0.25, -0.2) is 9.18 Å². The van der Waals surface area contributed by atoms with E-state index < -0.39 is 23.4 Å². The summed E-state index contributed by atoms with van der Waals surface area (Å²) in [5.41, 5.74) is 0.331. The molecule has 0 fully saturated rings. The highest BCUT2D eigenvalue weighted by Crippen LogP contribution is 2.55. The van der Waals surface area contributed by atoms with Gasteiger partial charge in [0.2, 0.25) is 0 Å². The number of hydrogen-bond acceptors (Lipinski definition) is 3. The number of carbonyl (C=O) groups is 1. The average molecular weight is 459 g/mol. The maximum absolute atomic E-state index is 14.2. The summed E-state index contributed by atoms with van der Waals surface area (Å²) in [4.78, 5) is 12.7. The second-order valence-corrected chi connectivity index (χ2v) is 7.57. The monoisotopic (exact) mass is 457 g/mol. The van der Waals surface area contributed by atoms with Crippen molar-refractivity contribution in [1.82, 2.24) is 4.90 Å². The first-order valence-corrected chi connectivity index (χ1v) is 9.34. The molecule has 1 amide bonds. The zero-order chi connectivity index (χ0) is 19.8. The van der Waals surface area contributed by atoms with Gasteiger partial charge in [-0.1, -0.05) is 41.9 Å². The number of ether oxygens (including phenoxy) is 2. The van der Waals surface area contributed by atoms with Crippen LogP contribution in [0.25, 0.3) is 0 Å². The molecule has 2 atom stereocenters. The third-order valence-electron chi connectivity index (χ3n) is 4.76. The SMILES string of the molecule is COC[C@H]1c2c(cc(F)c(Cl)c2Br)O[C@]1(CN(C)C(=O)O)c1ccccc1. The Morgan fingerprint density at radius 2 is 2.11 bits per heavy atom. The minimum atomic E-state index is -1.09. The van der Waals surface area contributed by atoms with Crippen LogP contribution in [0.4, 0.5) is 9.18 Å². The van der Waals surface area contributed by atoms with E-state index in [9.17, 15) is 14.3 Å². The van der Waals surface area contributed by atoms with E-state index >= 15 is 0 Å². The molecule has 8 heteroatoms. The fourth-order valence-electron chi connectivity index (χ4n) is 3.52. The zero-order valence-electron chi connectivity index (χ0n) is 14.7. The average Bonchev–Trinajstić information content (AvgIpc) is 2.95. The molecule has 0 saturated carbocycles. The molecule has 0 saturated heterocycles. The molecule has 2 aromatic rings. The van der Waals surface area contributed by atoms with Crippen LogP contribution in [0, 0.1) is 5.82 Å². The van der Waals surface area contributed by atoms with Crippen LogP contribution in [-0.2, 0) is 10.3 Å². The van der Waals surface area contributed by atoms with Crippen LogP contribution in [0.3, 0.4) is 0 Å². The molecule has 27 heavy (non-hydrogen) atoms. The van der Waals surface area contributed by atoms with Crippen molar-refractivity contribution in [3.8, 4) is 5.75 Å². The molecular formula is C19H18BrClFNO4. The number of rotatable bonds is 5. The van der Waals surface area contributed by atoms with E-state index in [1.807, 2.05) is 30.3 Å². The molecule has 1 aliphatic heterocycles. The number of nitrogens with zero attached hydrogens (tertiary/aromatic N) is 1. The Kier molecular flexibility index (Phi) is 5.65. The van der Waals surface area contributed by atoms with Crippen molar-refractivity contribution in [2.24, 2.45) is 0 Å². The van der Waals surface area contributed by atoms with Crippen molar-refractivity contribution in [2.75, 3.05) is 27.3 Å². The van der Waals surface area contributed by atoms with Crippen LogP contribution in [-0.4, -0.2) is 43.4 Å². The van der Waals surface area contributed by atoms with Crippen molar-refractivity contribution in [3.05, 3.63) is 62.8 Å². The van der Waals surface area contributed by atoms with Crippen molar-refractivity contribution in [2.45, 2.75) is 11.5 Å². The first-order chi connectivity index (χ1) is 12.8. The van der Waals surface area contributed by atoms with E-state index in [4.69, 9.17) is 21.1 Å². The number of likely N-dealkylation sites (N-methyl/N-ethyl adjacent to an activating group) is 1. The van der Waals surface area contributed by atoms with Gasteiger partial charge >= 0.3 is 6.09 Å². The highest BCUT2D eigenvalue weighted by Gasteiger charge is 2.52. The Morgan fingerprint density at radius 3 is 2.70 bits per heavy atom. The second-order valence-electron chi connectivity index (χ2n) is 6.40. The van der Waals surface area contributed by atoms with Crippen molar-refractivity contribution in [3.63, 3.8) is 0 Å². The van der Waals surface area contributed by atoms with Gasteiger partial charge in [-0.3, -0.25) is 0 Å². The number of carboxylic acid groups (broad SMARTS) is 1. The predicted octanol–water partition coefficient (Wildman–Crippen LogP) is 4.87. The van der Waals surface area contributed by atoms with E-state index in [2.05, 4.69) is 15.9 Å². The highest BCUT2D eigenvalue weighted by molar-refractivity contribution is 9.10. The van der Waals surface area contributed by atoms with E-state index in [0.717, 1.165) is 10.5 Å². The summed E-state index contributed by atoms with van der Waals surface area (Å²) in [6.45, 7) is 0.261. The van der Waals surface area contributed by atoms with Crippen LogP contribution in [0.5, 0.6) is 5.75 Å². The minimum absolute atomic E-state index is 0.0285. The summed E-state index contributed by atoms with van der Waals surface area (Å²) in [7, 11) is 3.01. The highest BCUT2D eigenvalue weighted by atomic mass is 79.9. The smallest absolute Gasteiger partial charge is 0.407 e. The topological polar surface area (TPSA) is 59.0 Å². The molecule has 0 aromatic heterocycles. The largest absolute Gasteiger partial charge is 0.480 e. The second kappa shape index (κ2) is 7.66. The molecule has 1 N–H and O–H groups in total. The standard InChI is InChI=1S/C19H18BrClFNO4/c1-23(18(24)25)10-19(11-6-4-3-5-7-11)12(9-26-2)15-14(27-19)8-13(22)17(21)16(15)20/h3-8,12H,9-10H2,1-2H3,(H,24,25)/t12-,19+/m0/s1. The molecule has 0 unspecified atom stereocenters. The van der Waals surface area contributed by atoms with Gasteiger partial charge < -0.3 is 19.5 Å². The summed E-state index contributed by atoms with van der Waals surface area (Å²) in [5.74, 6) is -0.712. The van der Waals surface area contributed by atoms with Gasteiger partial charge in [0, 0.05) is 30.3 Å². The first kappa shape index (κ1) is 19.9. The molecule has 1 aliphatic rings. The number of hydrogen-bond donors (Lipinski definition) is 1. The van der Waals surface area contributed by atoms with E-state index in [1.165, 1.54) is 13.1 Å². The molecule has 0 bridgehead atoms. The number of amides is 1. The number of benzene rings is 2. The maximum atomic E-state index is 14.2. The summed E-state index contributed by atoms with van der Waals surface area (Å²) < 4.78 is 26.3. The fourth-order valence-corrected chi connectivity index (χ4v) is 4.33. The third-order valence-corrected chi connectivity index (χ3v) is 6.18. The third kappa shape index (κ3) is 3.39. The van der Waals surface area contributed by atoms with Gasteiger partial charge in [0.15, 0.2) is 5.60 Å². The molecule has 3 rings (SSSR count). The Morgan fingerprint density at radius 1 is 1.44 bits per heavy atom. The predicted molar refractivity (Wildman–Crippen MR) is 103 cm³/mol. The van der Waals surface area contributed by atoms with Gasteiger partial charge in [-0.2, -0.15) is 0 Å². The Hall–Kier alpha value is -1.83. The van der Waals surface area contributed by atoms with E-state index in [0.29, 0.717) is 15.8 Å². The van der Waals surface area contributed by atoms with Gasteiger partial charge in [0.25, 0.3) is 0 Å². The fraction of sp³-hybridized carbons (Fsp3) is 0.316. The summed E-state index contributed by atoms with van der Waals surface area (Å²) in [6.07, 6.45) is -1.09. The van der Waals surface area contributed by atoms with Gasteiger partial charge in [-0.05, 0) is 21.5 Å². The van der Waals surface area contributed by atoms with Gasteiger partial charge in [-0.15, -0.1) is 0 Å². The Bertz CT molecular complexity index is 867. The Labute approximate surface area is 169 Å². The molecule has 5 nitrogen and oxygen atoms in total. The number of fused-ring (bicyclic) bond motifs is 1. The van der Waals surface area contributed by atoms with Gasteiger partial charge in [0.05, 0.1) is 24.1 Å². The maximum Gasteiger partial charge on any atom is 0.407 e. The lowest BCUT2D eigenvalue weighted by molar-refractivity contribution is 0.00728. The molecule has 144 valence electrons. The summed E-state index contributed by atoms with van der Waals surface area (Å²) in [5, 5.41) is 9.38. The normalized spacial score (nSPS) is 20.9. The summed E-state index contributed by atoms with van der Waals surface area (Å²) >= 11 is 9.47. The minimum Gasteiger partial charge on any atom is -0.480 e. The first-order valence-electron chi connectivity index (χ1n) is 8.16. The number of methoxy groups -OCH3 is 1. The Balaban J connectivity index is 2.23. The van der Waals surface area contributed by atoms with Crippen LogP contribution in [0.1, 0.15) is 17.0 Å². The molecule has 0 aliphatic carbocycles. The summed E-state index contributed by atoms with van der Waals surface area (Å²) in [6, 6.07) is 10.5. The lowest BCUT2D eigenvalue weighted by atomic mass is 9.79. The van der Waals surface area contributed by atoms with E-state index in [-0.39, 0.29) is 18.2 Å². The van der Waals surface area contributed by atoms with Crippen molar-refractivity contribution < 1.29 is 23.8 Å². The quantitative estimate of drug-likeness (QED) is 0.650. The number of halogens is 3. The lowest BCUT2D eigenvalue weighted by Gasteiger charge is -2.37. The van der Waals surface area contributed by atoms with Crippen molar-refractivity contribution >= 4 is 33.6 Å². The van der Waals surface area contributed by atoms with Crippen LogP contribution >= 0.6 is 27.5 Å². The van der Waals surface area contributed by atoms with Crippen molar-refractivity contribution in [1.29, 1.82) is 0 Å². The molecule has 0 radical (unpaired) electrons. The van der Waals surface area contributed by atoms with Crippen LogP contribution in [0.2, 0.25) is 5.02 Å². The van der Waals surface area contributed by atoms with Gasteiger partial charge in [0.1, 0.15) is 11.6 Å². The molecule has 2 aromatic carbocycles.